The molecule has 0 aliphatic rings. The molecule has 3 aromatic rings. The Morgan fingerprint density at radius 2 is 1.65 bits per heavy atom. The van der Waals surface area contributed by atoms with Crippen LogP contribution in [0, 0.1) is 0 Å². The Morgan fingerprint density at radius 1 is 0.919 bits per heavy atom. The highest BCUT2D eigenvalue weighted by Gasteiger charge is 2.14. The molecule has 0 aliphatic heterocycles. The number of aromatic hydroxyl groups is 1. The summed E-state index contributed by atoms with van der Waals surface area (Å²) in [4.78, 5) is 35.5. The van der Waals surface area contributed by atoms with Gasteiger partial charge in [-0.05, 0) is 60.2 Å². The average Bonchev–Trinajstić information content (AvgIpc) is 2.88. The largest absolute Gasteiger partial charge is 0.508 e. The molecular formula is C28H32N4O5. The number of carbonyl (C=O) groups excluding carboxylic acids is 3. The van der Waals surface area contributed by atoms with Gasteiger partial charge >= 0.3 is 6.03 Å². The third-order valence-corrected chi connectivity index (χ3v) is 5.64. The monoisotopic (exact) mass is 504 g/mol. The molecular weight excluding hydrogens is 472 g/mol. The third kappa shape index (κ3) is 8.97. The predicted octanol–water partition coefficient (Wildman–Crippen LogP) is 2.64. The number of carbonyl (C=O) groups is 3. The zero-order valence-corrected chi connectivity index (χ0v) is 20.5. The molecule has 0 fully saturated rings. The van der Waals surface area contributed by atoms with Crippen LogP contribution in [0.2, 0.25) is 0 Å². The van der Waals surface area contributed by atoms with Gasteiger partial charge in [0.05, 0.1) is 19.1 Å². The lowest BCUT2D eigenvalue weighted by atomic mass is 10.0. The van der Waals surface area contributed by atoms with Gasteiger partial charge in [0, 0.05) is 12.1 Å². The van der Waals surface area contributed by atoms with Crippen LogP contribution in [0.15, 0.2) is 72.8 Å². The summed E-state index contributed by atoms with van der Waals surface area (Å²) in [5.41, 5.74) is 14.5. The van der Waals surface area contributed by atoms with E-state index in [1.807, 2.05) is 42.5 Å². The molecule has 1 atom stereocenters. The zero-order chi connectivity index (χ0) is 26.6. The topological polar surface area (TPSA) is 157 Å². The van der Waals surface area contributed by atoms with Gasteiger partial charge in [0.25, 0.3) is 0 Å². The smallest absolute Gasteiger partial charge is 0.318 e. The van der Waals surface area contributed by atoms with Crippen molar-refractivity contribution in [2.45, 2.75) is 31.7 Å². The van der Waals surface area contributed by atoms with Gasteiger partial charge in [-0.15, -0.1) is 0 Å². The summed E-state index contributed by atoms with van der Waals surface area (Å²) in [6, 6.07) is 20.3. The molecule has 1 unspecified atom stereocenters. The number of nitrogens with two attached hydrogens (primary N) is 2. The van der Waals surface area contributed by atoms with Crippen molar-refractivity contribution in [2.75, 3.05) is 13.2 Å². The second kappa shape index (κ2) is 13.6. The lowest BCUT2D eigenvalue weighted by Gasteiger charge is -2.14. The van der Waals surface area contributed by atoms with E-state index in [4.69, 9.17) is 16.2 Å². The molecule has 9 nitrogen and oxygen atoms in total. The van der Waals surface area contributed by atoms with E-state index >= 15 is 0 Å². The molecule has 7 N–H and O–H groups in total. The van der Waals surface area contributed by atoms with Gasteiger partial charge in [-0.2, -0.15) is 0 Å². The van der Waals surface area contributed by atoms with Crippen molar-refractivity contribution in [2.24, 2.45) is 11.5 Å². The van der Waals surface area contributed by atoms with Crippen molar-refractivity contribution < 1.29 is 24.2 Å². The summed E-state index contributed by atoms with van der Waals surface area (Å²) >= 11 is 0. The molecule has 0 saturated heterocycles. The van der Waals surface area contributed by atoms with Crippen molar-refractivity contribution in [1.82, 2.24) is 10.6 Å². The lowest BCUT2D eigenvalue weighted by molar-refractivity contribution is -0.122. The van der Waals surface area contributed by atoms with Crippen LogP contribution in [0.4, 0.5) is 4.79 Å². The fourth-order valence-corrected chi connectivity index (χ4v) is 3.75. The molecule has 0 spiro atoms. The Bertz CT molecular complexity index is 1200. The minimum atomic E-state index is -0.906. The number of ether oxygens (including phenoxy) is 1. The number of imide groups is 1. The second-order valence-electron chi connectivity index (χ2n) is 8.60. The highest BCUT2D eigenvalue weighted by atomic mass is 16.5. The van der Waals surface area contributed by atoms with Crippen molar-refractivity contribution in [3.05, 3.63) is 83.9 Å². The quantitative estimate of drug-likeness (QED) is 0.239. The number of nitrogens with one attached hydrogen (secondary N) is 2. The first-order chi connectivity index (χ1) is 17.8. The van der Waals surface area contributed by atoms with Gasteiger partial charge in [-0.25, -0.2) is 4.79 Å². The van der Waals surface area contributed by atoms with E-state index in [9.17, 15) is 19.5 Å². The Morgan fingerprint density at radius 3 is 2.35 bits per heavy atom. The highest BCUT2D eigenvalue weighted by molar-refractivity contribution is 5.94. The molecule has 3 rings (SSSR count). The van der Waals surface area contributed by atoms with Crippen LogP contribution in [-0.2, 0) is 22.4 Å². The fraction of sp³-hybridized carbons (Fsp3) is 0.250. The maximum Gasteiger partial charge on any atom is 0.318 e. The second-order valence-corrected chi connectivity index (χ2v) is 8.60. The van der Waals surface area contributed by atoms with E-state index in [0.29, 0.717) is 43.7 Å². The molecule has 3 aromatic carbocycles. The molecule has 0 radical (unpaired) electrons. The van der Waals surface area contributed by atoms with E-state index in [-0.39, 0.29) is 18.1 Å². The summed E-state index contributed by atoms with van der Waals surface area (Å²) in [7, 11) is 0. The minimum Gasteiger partial charge on any atom is -0.508 e. The molecule has 4 amide bonds. The van der Waals surface area contributed by atoms with E-state index in [0.717, 1.165) is 16.7 Å². The van der Waals surface area contributed by atoms with Crippen LogP contribution in [0.5, 0.6) is 11.5 Å². The molecule has 0 aliphatic carbocycles. The summed E-state index contributed by atoms with van der Waals surface area (Å²) in [5.74, 6) is -0.0569. The number of hydrogen-bond donors (Lipinski definition) is 5. The maximum absolute atomic E-state index is 12.3. The number of benzene rings is 3. The van der Waals surface area contributed by atoms with E-state index in [1.165, 1.54) is 0 Å². The summed E-state index contributed by atoms with van der Waals surface area (Å²) < 4.78 is 5.92. The first kappa shape index (κ1) is 27.2. The normalized spacial score (nSPS) is 11.4. The van der Waals surface area contributed by atoms with Gasteiger partial charge in [0.2, 0.25) is 11.8 Å². The number of phenolic OH excluding ortho intramolecular Hbond substituents is 1. The van der Waals surface area contributed by atoms with Crippen molar-refractivity contribution in [3.8, 4) is 22.6 Å². The average molecular weight is 505 g/mol. The highest BCUT2D eigenvalue weighted by Crippen LogP contribution is 2.27. The lowest BCUT2D eigenvalue weighted by Crippen LogP contribution is -2.42. The number of amides is 4. The van der Waals surface area contributed by atoms with Crippen LogP contribution >= 0.6 is 0 Å². The number of urea groups is 1. The number of hydrogen-bond acceptors (Lipinski definition) is 6. The van der Waals surface area contributed by atoms with Gasteiger partial charge in [-0.3, -0.25) is 14.9 Å². The van der Waals surface area contributed by atoms with Gasteiger partial charge < -0.3 is 26.6 Å². The Balaban J connectivity index is 1.48. The fourth-order valence-electron chi connectivity index (χ4n) is 3.75. The maximum atomic E-state index is 12.3. The van der Waals surface area contributed by atoms with Crippen LogP contribution in [0.3, 0.4) is 0 Å². The van der Waals surface area contributed by atoms with Crippen molar-refractivity contribution in [1.29, 1.82) is 0 Å². The number of unbranched alkanes of at least 4 members (excludes halogenated alkanes) is 1. The van der Waals surface area contributed by atoms with Gasteiger partial charge in [-0.1, -0.05) is 48.5 Å². The summed E-state index contributed by atoms with van der Waals surface area (Å²) in [6.07, 6.45) is 1.66. The van der Waals surface area contributed by atoms with Crippen LogP contribution < -0.4 is 26.8 Å². The van der Waals surface area contributed by atoms with Crippen molar-refractivity contribution >= 4 is 17.8 Å². The summed E-state index contributed by atoms with van der Waals surface area (Å²) in [6.45, 7) is 0.830. The molecule has 37 heavy (non-hydrogen) atoms. The first-order valence-corrected chi connectivity index (χ1v) is 12.0. The Labute approximate surface area is 215 Å². The van der Waals surface area contributed by atoms with E-state index < -0.39 is 18.0 Å². The molecule has 0 heterocycles. The number of phenols is 1. The molecule has 0 bridgehead atoms. The number of rotatable bonds is 12. The van der Waals surface area contributed by atoms with E-state index in [2.05, 4.69) is 10.6 Å². The molecule has 0 saturated carbocycles. The van der Waals surface area contributed by atoms with Crippen molar-refractivity contribution in [3.63, 3.8) is 0 Å². The molecule has 9 heteroatoms. The standard InChI is InChI=1S/C28H32N4O5/c29-24(16-19-8-11-23(33)12-9-19)27(35)31-14-4-5-15-37-25-13-10-21(20-6-2-1-3-7-20)17-22(25)18-26(34)32-28(30)36/h1-3,6-13,17,24,33H,4-5,14-16,18,29H2,(H,31,35)(H3,30,32,34,36). The first-order valence-electron chi connectivity index (χ1n) is 12.0. The van der Waals surface area contributed by atoms with Gasteiger partial charge in [0.15, 0.2) is 0 Å². The SMILES string of the molecule is NC(=O)NC(=O)Cc1cc(-c2ccccc2)ccc1OCCCCNC(=O)C(N)Cc1ccc(O)cc1. The van der Waals surface area contributed by atoms with Crippen LogP contribution in [0.1, 0.15) is 24.0 Å². The van der Waals surface area contributed by atoms with Crippen LogP contribution in [0.25, 0.3) is 11.1 Å². The van der Waals surface area contributed by atoms with E-state index in [1.54, 1.807) is 30.3 Å². The third-order valence-electron chi connectivity index (χ3n) is 5.64. The zero-order valence-electron chi connectivity index (χ0n) is 20.5. The Kier molecular flexibility index (Phi) is 10.0. The number of primary amides is 1. The van der Waals surface area contributed by atoms with Crippen LogP contribution in [-0.4, -0.2) is 42.1 Å². The summed E-state index contributed by atoms with van der Waals surface area (Å²) in [5, 5.41) is 14.3. The molecule has 0 aromatic heterocycles. The Hall–Kier alpha value is -4.37. The minimum absolute atomic E-state index is 0.0616. The predicted molar refractivity (Wildman–Crippen MR) is 141 cm³/mol. The van der Waals surface area contributed by atoms with Gasteiger partial charge in [0.1, 0.15) is 11.5 Å². The molecule has 194 valence electrons.